The van der Waals surface area contributed by atoms with Crippen LogP contribution < -0.4 is 15.8 Å². The Morgan fingerprint density at radius 3 is 2.64 bits per heavy atom. The molecule has 1 aromatic heterocycles. The van der Waals surface area contributed by atoms with Crippen LogP contribution in [0.5, 0.6) is 0 Å². The first-order valence-corrected chi connectivity index (χ1v) is 10.0. The van der Waals surface area contributed by atoms with Gasteiger partial charge < -0.3 is 14.6 Å². The van der Waals surface area contributed by atoms with Crippen molar-refractivity contribution in [2.75, 3.05) is 23.0 Å². The Labute approximate surface area is 165 Å². The summed E-state index contributed by atoms with van der Waals surface area (Å²) in [6, 6.07) is 15.8. The van der Waals surface area contributed by atoms with Crippen LogP contribution in [0.3, 0.4) is 0 Å². The van der Waals surface area contributed by atoms with E-state index in [-0.39, 0.29) is 18.2 Å². The number of carbonyl (C=O) groups excluding carboxylic acids is 2. The molecule has 1 atom stereocenters. The van der Waals surface area contributed by atoms with Crippen LogP contribution in [0.1, 0.15) is 6.42 Å². The number of hydrogen-bond acceptors (Lipinski definition) is 5. The van der Waals surface area contributed by atoms with E-state index in [9.17, 15) is 14.4 Å². The van der Waals surface area contributed by atoms with E-state index in [1.807, 2.05) is 30.5 Å². The smallest absolute Gasteiger partial charge is 0.336 e. The molecule has 2 amide bonds. The molecular weight excluding hydrogens is 376 g/mol. The van der Waals surface area contributed by atoms with Crippen molar-refractivity contribution in [1.82, 2.24) is 0 Å². The van der Waals surface area contributed by atoms with Gasteiger partial charge >= 0.3 is 5.63 Å². The van der Waals surface area contributed by atoms with Gasteiger partial charge in [-0.3, -0.25) is 9.59 Å². The number of amides is 2. The Balaban J connectivity index is 1.47. The van der Waals surface area contributed by atoms with Crippen LogP contribution in [-0.4, -0.2) is 24.6 Å². The maximum absolute atomic E-state index is 12.7. The third-order valence-corrected chi connectivity index (χ3v) is 5.51. The number of anilines is 2. The first-order valence-electron chi connectivity index (χ1n) is 8.83. The lowest BCUT2D eigenvalue weighted by atomic mass is 10.1. The average molecular weight is 394 g/mol. The number of hydrogen-bond donors (Lipinski definition) is 1. The lowest BCUT2D eigenvalue weighted by Crippen LogP contribution is -2.28. The Morgan fingerprint density at radius 2 is 1.89 bits per heavy atom. The molecule has 0 spiro atoms. The predicted octanol–water partition coefficient (Wildman–Crippen LogP) is 3.51. The van der Waals surface area contributed by atoms with Crippen molar-refractivity contribution in [3.8, 4) is 0 Å². The second-order valence-corrected chi connectivity index (χ2v) is 7.48. The van der Waals surface area contributed by atoms with Crippen LogP contribution in [0.25, 0.3) is 11.0 Å². The highest BCUT2D eigenvalue weighted by atomic mass is 32.2. The first-order chi connectivity index (χ1) is 13.5. The van der Waals surface area contributed by atoms with Crippen LogP contribution in [0.15, 0.2) is 68.7 Å². The van der Waals surface area contributed by atoms with Crippen molar-refractivity contribution in [3.63, 3.8) is 0 Å². The zero-order valence-corrected chi connectivity index (χ0v) is 16.0. The molecule has 4 rings (SSSR count). The van der Waals surface area contributed by atoms with Crippen molar-refractivity contribution in [1.29, 1.82) is 0 Å². The molecule has 2 aromatic carbocycles. The number of benzene rings is 2. The highest BCUT2D eigenvalue weighted by molar-refractivity contribution is 7.98. The molecule has 1 unspecified atom stereocenters. The van der Waals surface area contributed by atoms with E-state index in [0.29, 0.717) is 17.8 Å². The van der Waals surface area contributed by atoms with Crippen molar-refractivity contribution in [2.45, 2.75) is 11.3 Å². The van der Waals surface area contributed by atoms with E-state index in [4.69, 9.17) is 4.42 Å². The third-order valence-electron chi connectivity index (χ3n) is 4.77. The summed E-state index contributed by atoms with van der Waals surface area (Å²) in [6.45, 7) is 0.353. The van der Waals surface area contributed by atoms with Crippen molar-refractivity contribution >= 4 is 45.9 Å². The van der Waals surface area contributed by atoms with Crippen molar-refractivity contribution < 1.29 is 14.0 Å². The standard InChI is InChI=1S/C21H18N2O4S/c1-28-17-6-4-16(5-7-17)23-12-14(11-19(23)24)21(26)22-15-3-8-18-13(10-15)2-9-20(25)27-18/h2-10,14H,11-12H2,1H3,(H,22,26). The van der Waals surface area contributed by atoms with Gasteiger partial charge in [0.1, 0.15) is 5.58 Å². The zero-order chi connectivity index (χ0) is 19.7. The summed E-state index contributed by atoms with van der Waals surface area (Å²) >= 11 is 1.64. The largest absolute Gasteiger partial charge is 0.423 e. The minimum atomic E-state index is -0.419. The molecule has 7 heteroatoms. The second-order valence-electron chi connectivity index (χ2n) is 6.60. The molecule has 1 saturated heterocycles. The monoisotopic (exact) mass is 394 g/mol. The van der Waals surface area contributed by atoms with Crippen LogP contribution in [0, 0.1) is 5.92 Å². The van der Waals surface area contributed by atoms with Crippen molar-refractivity contribution in [2.24, 2.45) is 5.92 Å². The molecule has 1 fully saturated rings. The van der Waals surface area contributed by atoms with E-state index in [2.05, 4.69) is 5.32 Å². The maximum Gasteiger partial charge on any atom is 0.336 e. The number of nitrogens with one attached hydrogen (secondary N) is 1. The topological polar surface area (TPSA) is 79.6 Å². The SMILES string of the molecule is CSc1ccc(N2CC(C(=O)Nc3ccc4oc(=O)ccc4c3)CC2=O)cc1. The molecule has 28 heavy (non-hydrogen) atoms. The van der Waals surface area contributed by atoms with Gasteiger partial charge in [-0.15, -0.1) is 11.8 Å². The lowest BCUT2D eigenvalue weighted by Gasteiger charge is -2.17. The third kappa shape index (κ3) is 3.66. The summed E-state index contributed by atoms with van der Waals surface area (Å²) in [5, 5.41) is 3.58. The quantitative estimate of drug-likeness (QED) is 0.541. The molecule has 142 valence electrons. The molecule has 2 heterocycles. The van der Waals surface area contributed by atoms with Crippen LogP contribution >= 0.6 is 11.8 Å². The lowest BCUT2D eigenvalue weighted by molar-refractivity contribution is -0.122. The van der Waals surface area contributed by atoms with Gasteiger partial charge in [0.05, 0.1) is 5.92 Å². The number of carbonyl (C=O) groups is 2. The fraction of sp³-hybridized carbons (Fsp3) is 0.190. The summed E-state index contributed by atoms with van der Waals surface area (Å²) in [5.41, 5.74) is 1.45. The Hall–Kier alpha value is -3.06. The Morgan fingerprint density at radius 1 is 1.11 bits per heavy atom. The van der Waals surface area contributed by atoms with Crippen LogP contribution in [0.4, 0.5) is 11.4 Å². The van der Waals surface area contributed by atoms with Gasteiger partial charge in [-0.25, -0.2) is 4.79 Å². The van der Waals surface area contributed by atoms with E-state index >= 15 is 0 Å². The van der Waals surface area contributed by atoms with Gasteiger partial charge in [0.15, 0.2) is 0 Å². The highest BCUT2D eigenvalue weighted by Crippen LogP contribution is 2.28. The van der Waals surface area contributed by atoms with Gasteiger partial charge in [0, 0.05) is 40.7 Å². The van der Waals surface area contributed by atoms with E-state index in [1.54, 1.807) is 40.9 Å². The Kier molecular flexibility index (Phi) is 4.92. The van der Waals surface area contributed by atoms with Gasteiger partial charge in [0.2, 0.25) is 11.8 Å². The van der Waals surface area contributed by atoms with E-state index in [0.717, 1.165) is 16.0 Å². The van der Waals surface area contributed by atoms with Gasteiger partial charge in [-0.05, 0) is 54.8 Å². The fourth-order valence-electron chi connectivity index (χ4n) is 3.29. The zero-order valence-electron chi connectivity index (χ0n) is 15.2. The summed E-state index contributed by atoms with van der Waals surface area (Å²) in [4.78, 5) is 39.1. The molecule has 1 N–H and O–H groups in total. The molecule has 0 saturated carbocycles. The normalized spacial score (nSPS) is 16.5. The van der Waals surface area contributed by atoms with Gasteiger partial charge in [-0.1, -0.05) is 0 Å². The van der Waals surface area contributed by atoms with Gasteiger partial charge in [-0.2, -0.15) is 0 Å². The van der Waals surface area contributed by atoms with E-state index < -0.39 is 11.5 Å². The first kappa shape index (κ1) is 18.3. The Bertz CT molecular complexity index is 1110. The minimum absolute atomic E-state index is 0.0580. The number of fused-ring (bicyclic) bond motifs is 1. The fourth-order valence-corrected chi connectivity index (χ4v) is 3.70. The maximum atomic E-state index is 12.7. The van der Waals surface area contributed by atoms with Crippen molar-refractivity contribution in [3.05, 3.63) is 65.0 Å². The second kappa shape index (κ2) is 7.52. The number of thioether (sulfide) groups is 1. The number of rotatable bonds is 4. The summed E-state index contributed by atoms with van der Waals surface area (Å²) in [5.74, 6) is -0.678. The molecule has 3 aromatic rings. The number of nitrogens with zero attached hydrogens (tertiary/aromatic N) is 1. The molecule has 0 bridgehead atoms. The molecular formula is C21H18N2O4S. The molecule has 6 nitrogen and oxygen atoms in total. The summed E-state index contributed by atoms with van der Waals surface area (Å²) in [6.07, 6.45) is 2.18. The molecule has 1 aliphatic heterocycles. The molecule has 0 aliphatic carbocycles. The highest BCUT2D eigenvalue weighted by Gasteiger charge is 2.35. The minimum Gasteiger partial charge on any atom is -0.423 e. The van der Waals surface area contributed by atoms with E-state index in [1.165, 1.54) is 6.07 Å². The van der Waals surface area contributed by atoms with Crippen LogP contribution in [0.2, 0.25) is 0 Å². The molecule has 0 radical (unpaired) electrons. The van der Waals surface area contributed by atoms with Gasteiger partial charge in [0.25, 0.3) is 0 Å². The van der Waals surface area contributed by atoms with Crippen LogP contribution in [-0.2, 0) is 9.59 Å². The predicted molar refractivity (Wildman–Crippen MR) is 110 cm³/mol. The summed E-state index contributed by atoms with van der Waals surface area (Å²) < 4.78 is 5.09. The molecule has 1 aliphatic rings. The summed E-state index contributed by atoms with van der Waals surface area (Å²) in [7, 11) is 0. The average Bonchev–Trinajstić information content (AvgIpc) is 3.10.